The van der Waals surface area contributed by atoms with Crippen LogP contribution in [0.5, 0.6) is 5.75 Å². The molecule has 0 aliphatic carbocycles. The average Bonchev–Trinajstić information content (AvgIpc) is 2.44. The van der Waals surface area contributed by atoms with Crippen molar-refractivity contribution in [1.82, 2.24) is 4.90 Å². The van der Waals surface area contributed by atoms with E-state index in [-0.39, 0.29) is 5.91 Å². The van der Waals surface area contributed by atoms with Gasteiger partial charge >= 0.3 is 5.97 Å². The van der Waals surface area contributed by atoms with E-state index in [0.717, 1.165) is 6.42 Å². The van der Waals surface area contributed by atoms with Crippen molar-refractivity contribution in [3.63, 3.8) is 0 Å². The van der Waals surface area contributed by atoms with Gasteiger partial charge in [-0.3, -0.25) is 4.79 Å². The summed E-state index contributed by atoms with van der Waals surface area (Å²) in [6.45, 7) is 0.758. The molecule has 0 spiro atoms. The van der Waals surface area contributed by atoms with Crippen LogP contribution in [-0.4, -0.2) is 55.8 Å². The fraction of sp³-hybridized carbons (Fsp3) is 0.429. The van der Waals surface area contributed by atoms with Crippen molar-refractivity contribution in [2.45, 2.75) is 6.42 Å². The van der Waals surface area contributed by atoms with Crippen molar-refractivity contribution in [3.05, 3.63) is 29.8 Å². The van der Waals surface area contributed by atoms with Gasteiger partial charge in [0.1, 0.15) is 5.75 Å². The molecule has 1 rings (SSSR count). The zero-order valence-electron chi connectivity index (χ0n) is 11.7. The number of nitrogens with zero attached hydrogens (tertiary/aromatic N) is 1. The maximum Gasteiger partial charge on any atom is 0.341 e. The number of carbonyl (C=O) groups excluding carboxylic acids is 1. The van der Waals surface area contributed by atoms with Crippen LogP contribution in [0.2, 0.25) is 0 Å². The highest BCUT2D eigenvalue weighted by Crippen LogP contribution is 2.14. The van der Waals surface area contributed by atoms with Crippen molar-refractivity contribution in [1.29, 1.82) is 0 Å². The van der Waals surface area contributed by atoms with E-state index in [9.17, 15) is 9.59 Å². The zero-order valence-corrected chi connectivity index (χ0v) is 11.7. The Kier molecular flexibility index (Phi) is 6.52. The molecule has 0 saturated heterocycles. The highest BCUT2D eigenvalue weighted by Gasteiger charge is 2.12. The lowest BCUT2D eigenvalue weighted by Crippen LogP contribution is -2.28. The molecule has 6 heteroatoms. The van der Waals surface area contributed by atoms with E-state index in [1.807, 2.05) is 0 Å². The van der Waals surface area contributed by atoms with Crippen LogP contribution in [-0.2, 0) is 9.53 Å². The summed E-state index contributed by atoms with van der Waals surface area (Å²) in [5.74, 6) is -0.830. The minimum Gasteiger partial charge on any atom is -0.482 e. The van der Waals surface area contributed by atoms with Crippen LogP contribution < -0.4 is 4.74 Å². The number of rotatable bonds is 8. The third kappa shape index (κ3) is 5.27. The summed E-state index contributed by atoms with van der Waals surface area (Å²) < 4.78 is 9.98. The van der Waals surface area contributed by atoms with Gasteiger partial charge in [0.25, 0.3) is 5.91 Å². The Bertz CT molecular complexity index is 461. The van der Waals surface area contributed by atoms with Gasteiger partial charge in [-0.15, -0.1) is 0 Å². The Labute approximate surface area is 117 Å². The Morgan fingerprint density at radius 1 is 1.35 bits per heavy atom. The topological polar surface area (TPSA) is 76.1 Å². The fourth-order valence-corrected chi connectivity index (χ4v) is 1.63. The predicted octanol–water partition coefficient (Wildman–Crippen LogP) is 1.26. The number of hydrogen-bond donors (Lipinski definition) is 1. The average molecular weight is 281 g/mol. The number of carboxylic acid groups (broad SMARTS) is 1. The third-order valence-electron chi connectivity index (χ3n) is 2.63. The number of carbonyl (C=O) groups is 2. The summed E-state index contributed by atoms with van der Waals surface area (Å²) in [5.41, 5.74) is 0.466. The SMILES string of the molecule is COCCCN(C)C(=O)c1cccc(OCC(=O)O)c1. The van der Waals surface area contributed by atoms with Crippen LogP contribution in [0.3, 0.4) is 0 Å². The second-order valence-corrected chi connectivity index (χ2v) is 4.28. The molecule has 0 fully saturated rings. The first-order valence-electron chi connectivity index (χ1n) is 6.23. The highest BCUT2D eigenvalue weighted by molar-refractivity contribution is 5.94. The van der Waals surface area contributed by atoms with Crippen molar-refractivity contribution in [3.8, 4) is 5.75 Å². The van der Waals surface area contributed by atoms with Crippen LogP contribution in [0.1, 0.15) is 16.8 Å². The Hall–Kier alpha value is -2.08. The molecule has 6 nitrogen and oxygen atoms in total. The number of hydrogen-bond acceptors (Lipinski definition) is 4. The predicted molar refractivity (Wildman–Crippen MR) is 73.0 cm³/mol. The van der Waals surface area contributed by atoms with E-state index in [1.54, 1.807) is 37.3 Å². The molecule has 0 aliphatic heterocycles. The summed E-state index contributed by atoms with van der Waals surface area (Å²) in [7, 11) is 3.33. The largest absolute Gasteiger partial charge is 0.482 e. The lowest BCUT2D eigenvalue weighted by Gasteiger charge is -2.17. The first kappa shape index (κ1) is 16.0. The molecule has 0 bridgehead atoms. The lowest BCUT2D eigenvalue weighted by atomic mass is 10.2. The Balaban J connectivity index is 2.63. The van der Waals surface area contributed by atoms with Crippen molar-refractivity contribution < 1.29 is 24.2 Å². The molecule has 0 heterocycles. The number of ether oxygens (including phenoxy) is 2. The molecule has 0 saturated carbocycles. The van der Waals surface area contributed by atoms with Gasteiger partial charge in [-0.05, 0) is 24.6 Å². The molecule has 0 aliphatic rings. The van der Waals surface area contributed by atoms with Gasteiger partial charge in [-0.2, -0.15) is 0 Å². The van der Waals surface area contributed by atoms with E-state index >= 15 is 0 Å². The Morgan fingerprint density at radius 3 is 2.75 bits per heavy atom. The smallest absolute Gasteiger partial charge is 0.341 e. The van der Waals surface area contributed by atoms with Gasteiger partial charge in [0.05, 0.1) is 0 Å². The molecule has 110 valence electrons. The maximum atomic E-state index is 12.1. The first-order valence-corrected chi connectivity index (χ1v) is 6.23. The summed E-state index contributed by atoms with van der Waals surface area (Å²) in [4.78, 5) is 24.2. The fourth-order valence-electron chi connectivity index (χ4n) is 1.63. The molecule has 1 aromatic carbocycles. The minimum atomic E-state index is -1.06. The van der Waals surface area contributed by atoms with Gasteiger partial charge < -0.3 is 19.5 Å². The van der Waals surface area contributed by atoms with E-state index in [2.05, 4.69) is 0 Å². The summed E-state index contributed by atoms with van der Waals surface area (Å²) >= 11 is 0. The van der Waals surface area contributed by atoms with Crippen LogP contribution in [0.15, 0.2) is 24.3 Å². The van der Waals surface area contributed by atoms with E-state index < -0.39 is 12.6 Å². The van der Waals surface area contributed by atoms with Crippen molar-refractivity contribution in [2.75, 3.05) is 33.9 Å². The zero-order chi connectivity index (χ0) is 15.0. The molecular weight excluding hydrogens is 262 g/mol. The quantitative estimate of drug-likeness (QED) is 0.726. The lowest BCUT2D eigenvalue weighted by molar-refractivity contribution is -0.139. The Morgan fingerprint density at radius 2 is 2.10 bits per heavy atom. The molecule has 1 amide bonds. The highest BCUT2D eigenvalue weighted by atomic mass is 16.5. The van der Waals surface area contributed by atoms with Crippen molar-refractivity contribution >= 4 is 11.9 Å². The summed E-state index contributed by atoms with van der Waals surface area (Å²) in [6.07, 6.45) is 0.758. The van der Waals surface area contributed by atoms with Crippen LogP contribution in [0.4, 0.5) is 0 Å². The third-order valence-corrected chi connectivity index (χ3v) is 2.63. The van der Waals surface area contributed by atoms with Gasteiger partial charge in [-0.1, -0.05) is 6.07 Å². The second kappa shape index (κ2) is 8.16. The van der Waals surface area contributed by atoms with Crippen molar-refractivity contribution in [2.24, 2.45) is 0 Å². The van der Waals surface area contributed by atoms with E-state index in [0.29, 0.717) is 24.5 Å². The minimum absolute atomic E-state index is 0.137. The molecule has 0 atom stereocenters. The standard InChI is InChI=1S/C14H19NO5/c1-15(7-4-8-19-2)14(18)11-5-3-6-12(9-11)20-10-13(16)17/h3,5-6,9H,4,7-8,10H2,1-2H3,(H,16,17). The number of benzene rings is 1. The first-order chi connectivity index (χ1) is 9.54. The monoisotopic (exact) mass is 281 g/mol. The number of amides is 1. The van der Waals surface area contributed by atoms with Crippen LogP contribution in [0, 0.1) is 0 Å². The second-order valence-electron chi connectivity index (χ2n) is 4.28. The molecular formula is C14H19NO5. The molecule has 1 aromatic rings. The van der Waals surface area contributed by atoms with E-state index in [4.69, 9.17) is 14.6 Å². The van der Waals surface area contributed by atoms with Gasteiger partial charge in [0.15, 0.2) is 6.61 Å². The van der Waals surface area contributed by atoms with Gasteiger partial charge in [0, 0.05) is 32.9 Å². The number of methoxy groups -OCH3 is 1. The normalized spacial score (nSPS) is 10.1. The molecule has 0 unspecified atom stereocenters. The van der Waals surface area contributed by atoms with Gasteiger partial charge in [-0.25, -0.2) is 4.79 Å². The molecule has 0 aromatic heterocycles. The summed E-state index contributed by atoms with van der Waals surface area (Å²) in [6, 6.07) is 6.49. The molecule has 20 heavy (non-hydrogen) atoms. The van der Waals surface area contributed by atoms with Gasteiger partial charge in [0.2, 0.25) is 0 Å². The van der Waals surface area contributed by atoms with Crippen LogP contribution in [0.25, 0.3) is 0 Å². The number of carboxylic acids is 1. The van der Waals surface area contributed by atoms with Crippen LogP contribution >= 0.6 is 0 Å². The molecule has 1 N–H and O–H groups in total. The van der Waals surface area contributed by atoms with E-state index in [1.165, 1.54) is 6.07 Å². The maximum absolute atomic E-state index is 12.1. The molecule has 0 radical (unpaired) electrons. The summed E-state index contributed by atoms with van der Waals surface area (Å²) in [5, 5.41) is 8.55. The number of aliphatic carboxylic acids is 1.